The molecule has 4 N–H and O–H groups in total. The average molecular weight is 777 g/mol. The molecule has 4 aromatic carbocycles. The van der Waals surface area contributed by atoms with Gasteiger partial charge in [0, 0.05) is 24.0 Å². The van der Waals surface area contributed by atoms with Gasteiger partial charge in [0.2, 0.25) is 0 Å². The van der Waals surface area contributed by atoms with Crippen LogP contribution in [0.15, 0.2) is 97.3 Å². The molecular formula is C44H39F3N4O6. The minimum atomic E-state index is -1.18. The Labute approximate surface area is 327 Å². The highest BCUT2D eigenvalue weighted by atomic mass is 19.1. The van der Waals surface area contributed by atoms with Crippen LogP contribution in [-0.2, 0) is 0 Å². The van der Waals surface area contributed by atoms with Crippen LogP contribution in [0.1, 0.15) is 63.1 Å². The van der Waals surface area contributed by atoms with Crippen LogP contribution in [0.2, 0.25) is 0 Å². The van der Waals surface area contributed by atoms with E-state index in [1.165, 1.54) is 24.4 Å². The first-order chi connectivity index (χ1) is 27.3. The van der Waals surface area contributed by atoms with E-state index in [4.69, 9.17) is 9.47 Å². The molecule has 0 aliphatic heterocycles. The van der Waals surface area contributed by atoms with Gasteiger partial charge in [-0.05, 0) is 128 Å². The van der Waals surface area contributed by atoms with Crippen molar-refractivity contribution in [3.05, 3.63) is 143 Å². The number of ether oxygens (including phenoxy) is 2. The number of carbonyl (C=O) groups is 2. The molecule has 57 heavy (non-hydrogen) atoms. The SMILES string of the molecule is CCOc1cccc(-c2cc(F)c(Nc3ncc(C4CC4)cc3C(=O)O)cc2F)c1.COc1cccc(-c2cc(F)c(Nc3ncc(C)cc3C(=O)O)cc2C)c1. The van der Waals surface area contributed by atoms with E-state index in [1.54, 1.807) is 50.6 Å². The van der Waals surface area contributed by atoms with Crippen LogP contribution >= 0.6 is 0 Å². The van der Waals surface area contributed by atoms with Gasteiger partial charge in [-0.3, -0.25) is 0 Å². The van der Waals surface area contributed by atoms with E-state index in [0.717, 1.165) is 47.2 Å². The first-order valence-electron chi connectivity index (χ1n) is 18.0. The molecule has 0 bridgehead atoms. The second-order valence-corrected chi connectivity index (χ2v) is 13.4. The van der Waals surface area contributed by atoms with Crippen molar-refractivity contribution in [3.8, 4) is 33.8 Å². The molecule has 292 valence electrons. The predicted molar refractivity (Wildman–Crippen MR) is 212 cm³/mol. The van der Waals surface area contributed by atoms with Gasteiger partial charge in [-0.2, -0.15) is 0 Å². The molecule has 0 atom stereocenters. The number of hydrogen-bond acceptors (Lipinski definition) is 8. The van der Waals surface area contributed by atoms with Gasteiger partial charge in [0.1, 0.15) is 51.7 Å². The molecule has 13 heteroatoms. The number of anilines is 4. The van der Waals surface area contributed by atoms with Crippen LogP contribution in [0.25, 0.3) is 22.3 Å². The highest BCUT2D eigenvalue weighted by molar-refractivity contribution is 5.95. The van der Waals surface area contributed by atoms with Gasteiger partial charge >= 0.3 is 11.9 Å². The van der Waals surface area contributed by atoms with Crippen molar-refractivity contribution in [2.24, 2.45) is 0 Å². The van der Waals surface area contributed by atoms with Crippen molar-refractivity contribution in [1.29, 1.82) is 0 Å². The number of rotatable bonds is 12. The molecule has 1 fully saturated rings. The van der Waals surface area contributed by atoms with Gasteiger partial charge in [-0.15, -0.1) is 0 Å². The zero-order valence-electron chi connectivity index (χ0n) is 31.5. The molecule has 0 spiro atoms. The minimum Gasteiger partial charge on any atom is -0.497 e. The number of halogens is 3. The normalized spacial score (nSPS) is 11.9. The molecule has 7 rings (SSSR count). The molecule has 0 radical (unpaired) electrons. The third kappa shape index (κ3) is 9.50. The fraction of sp³-hybridized carbons (Fsp3) is 0.182. The van der Waals surface area contributed by atoms with Crippen molar-refractivity contribution in [2.45, 2.75) is 39.5 Å². The van der Waals surface area contributed by atoms with E-state index in [2.05, 4.69) is 20.6 Å². The summed E-state index contributed by atoms with van der Waals surface area (Å²) in [5, 5.41) is 24.3. The predicted octanol–water partition coefficient (Wildman–Crippen LogP) is 10.7. The Bertz CT molecular complexity index is 2470. The molecule has 0 unspecified atom stereocenters. The summed E-state index contributed by atoms with van der Waals surface area (Å²) < 4.78 is 54.9. The fourth-order valence-corrected chi connectivity index (χ4v) is 6.13. The summed E-state index contributed by atoms with van der Waals surface area (Å²) >= 11 is 0. The summed E-state index contributed by atoms with van der Waals surface area (Å²) in [6.45, 7) is 5.91. The maximum absolute atomic E-state index is 14.8. The Balaban J connectivity index is 0.000000194. The summed E-state index contributed by atoms with van der Waals surface area (Å²) in [7, 11) is 1.58. The molecule has 6 aromatic rings. The lowest BCUT2D eigenvalue weighted by Crippen LogP contribution is -2.07. The van der Waals surface area contributed by atoms with Crippen molar-refractivity contribution >= 4 is 34.9 Å². The molecule has 0 amide bonds. The minimum absolute atomic E-state index is 0.0103. The van der Waals surface area contributed by atoms with Gasteiger partial charge in [0.25, 0.3) is 0 Å². The van der Waals surface area contributed by atoms with Crippen molar-refractivity contribution < 1.29 is 42.4 Å². The number of carboxylic acids is 2. The first kappa shape index (κ1) is 39.8. The number of nitrogens with one attached hydrogen (secondary N) is 2. The number of benzene rings is 4. The summed E-state index contributed by atoms with van der Waals surface area (Å²) in [6, 6.07) is 22.3. The van der Waals surface area contributed by atoms with E-state index in [-0.39, 0.29) is 39.7 Å². The Kier molecular flexibility index (Phi) is 12.1. The van der Waals surface area contributed by atoms with Crippen LogP contribution in [0, 0.1) is 31.3 Å². The molecule has 1 aliphatic carbocycles. The number of aromatic carboxylic acids is 2. The topological polar surface area (TPSA) is 143 Å². The lowest BCUT2D eigenvalue weighted by molar-refractivity contribution is 0.0686. The maximum Gasteiger partial charge on any atom is 0.339 e. The quantitative estimate of drug-likeness (QED) is 0.0948. The molecule has 0 saturated heterocycles. The van der Waals surface area contributed by atoms with Gasteiger partial charge in [-0.1, -0.05) is 24.3 Å². The van der Waals surface area contributed by atoms with Gasteiger partial charge in [0.05, 0.1) is 25.1 Å². The Morgan fingerprint density at radius 3 is 1.89 bits per heavy atom. The van der Waals surface area contributed by atoms with E-state index < -0.39 is 29.4 Å². The van der Waals surface area contributed by atoms with Crippen molar-refractivity contribution in [2.75, 3.05) is 24.4 Å². The average Bonchev–Trinajstić information content (AvgIpc) is 4.05. The summed E-state index contributed by atoms with van der Waals surface area (Å²) in [4.78, 5) is 31.3. The fourth-order valence-electron chi connectivity index (χ4n) is 6.13. The second-order valence-electron chi connectivity index (χ2n) is 13.4. The largest absolute Gasteiger partial charge is 0.497 e. The van der Waals surface area contributed by atoms with E-state index in [1.807, 2.05) is 38.1 Å². The molecule has 10 nitrogen and oxygen atoms in total. The smallest absolute Gasteiger partial charge is 0.339 e. The zero-order chi connectivity index (χ0) is 40.8. The molecule has 1 saturated carbocycles. The summed E-state index contributed by atoms with van der Waals surface area (Å²) in [6.07, 6.45) is 5.11. The monoisotopic (exact) mass is 776 g/mol. The van der Waals surface area contributed by atoms with Crippen molar-refractivity contribution in [1.82, 2.24) is 9.97 Å². The highest BCUT2D eigenvalue weighted by Gasteiger charge is 2.26. The Morgan fingerprint density at radius 1 is 0.719 bits per heavy atom. The standard InChI is InChI=1S/C23H20F2N2O3.C21H19FN2O3/c1-2-30-16-5-3-4-14(8-16)17-10-20(25)21(11-19(17)24)27-22-18(23(28)29)9-15(12-26-22)13-6-7-13;1-12-7-17(21(25)26)20(23-11-12)24-19-8-13(2)16(10-18(19)22)14-5-4-6-15(9-14)27-3/h3-5,8-13H,2,6-7H2,1H3,(H,26,27)(H,28,29);4-11H,1-3H3,(H,23,24)(H,25,26). The summed E-state index contributed by atoms with van der Waals surface area (Å²) in [5.74, 6) is -2.56. The van der Waals surface area contributed by atoms with E-state index in [9.17, 15) is 33.0 Å². The third-order valence-electron chi connectivity index (χ3n) is 9.16. The van der Waals surface area contributed by atoms with Gasteiger partial charge < -0.3 is 30.3 Å². The highest BCUT2D eigenvalue weighted by Crippen LogP contribution is 2.41. The zero-order valence-corrected chi connectivity index (χ0v) is 31.5. The van der Waals surface area contributed by atoms with Crippen LogP contribution in [0.5, 0.6) is 11.5 Å². The van der Waals surface area contributed by atoms with Crippen LogP contribution in [0.4, 0.5) is 36.2 Å². The number of pyridine rings is 2. The molecule has 2 heterocycles. The first-order valence-corrected chi connectivity index (χ1v) is 18.0. The Hall–Kier alpha value is -6.89. The van der Waals surface area contributed by atoms with Gasteiger partial charge in [-0.25, -0.2) is 32.7 Å². The molecule has 1 aliphatic rings. The van der Waals surface area contributed by atoms with E-state index >= 15 is 0 Å². The molecule has 2 aromatic heterocycles. The summed E-state index contributed by atoms with van der Waals surface area (Å²) in [5.41, 5.74) is 4.38. The van der Waals surface area contributed by atoms with Crippen LogP contribution in [0.3, 0.4) is 0 Å². The lowest BCUT2D eigenvalue weighted by atomic mass is 9.99. The second kappa shape index (κ2) is 17.3. The third-order valence-corrected chi connectivity index (χ3v) is 9.16. The van der Waals surface area contributed by atoms with E-state index in [0.29, 0.717) is 35.2 Å². The number of carboxylic acid groups (broad SMARTS) is 2. The number of aryl methyl sites for hydroxylation is 2. The number of aromatic nitrogens is 2. The number of nitrogens with zero attached hydrogens (tertiary/aromatic N) is 2. The van der Waals surface area contributed by atoms with Crippen LogP contribution in [-0.4, -0.2) is 45.8 Å². The van der Waals surface area contributed by atoms with Crippen molar-refractivity contribution in [3.63, 3.8) is 0 Å². The number of methoxy groups -OCH3 is 1. The molecular weight excluding hydrogens is 738 g/mol. The lowest BCUT2D eigenvalue weighted by Gasteiger charge is -2.14. The number of hydrogen-bond donors (Lipinski definition) is 4. The van der Waals surface area contributed by atoms with Gasteiger partial charge in [0.15, 0.2) is 0 Å². The Morgan fingerprint density at radius 2 is 1.28 bits per heavy atom. The van der Waals surface area contributed by atoms with Crippen LogP contribution < -0.4 is 20.1 Å². The maximum atomic E-state index is 14.8.